The number of carbonyl (C=O) groups is 2. The molecule has 0 spiro atoms. The number of nitro groups is 1. The van der Waals surface area contributed by atoms with Gasteiger partial charge in [-0.2, -0.15) is 0 Å². The van der Waals surface area contributed by atoms with Gasteiger partial charge in [-0.1, -0.05) is 32.1 Å². The number of esters is 1. The Morgan fingerprint density at radius 2 is 1.68 bits per heavy atom. The Morgan fingerprint density at radius 1 is 1.12 bits per heavy atom. The number of carboxylic acids is 1. The fourth-order valence-electron chi connectivity index (χ4n) is 4.43. The molecule has 0 aromatic carbocycles. The number of hydrogen-bond donors (Lipinski definition) is 3. The van der Waals surface area contributed by atoms with Crippen LogP contribution in [0.25, 0.3) is 0 Å². The maximum absolute atomic E-state index is 12.3. The number of aliphatic carboxylic acids is 1. The van der Waals surface area contributed by atoms with Crippen LogP contribution >= 0.6 is 0 Å². The van der Waals surface area contributed by atoms with E-state index in [-0.39, 0.29) is 25.4 Å². The number of rotatable bonds is 5. The van der Waals surface area contributed by atoms with E-state index in [1.54, 1.807) is 0 Å². The fourth-order valence-corrected chi connectivity index (χ4v) is 4.43. The summed E-state index contributed by atoms with van der Waals surface area (Å²) in [6.07, 6.45) is 3.83. The number of carbonyl (C=O) groups excluding carboxylic acids is 1. The highest BCUT2D eigenvalue weighted by molar-refractivity contribution is 5.85. The fraction of sp³-hybridized carbons (Fsp3) is 0.875. The Morgan fingerprint density at radius 3 is 2.16 bits per heavy atom. The van der Waals surface area contributed by atoms with Crippen molar-refractivity contribution >= 4 is 11.9 Å². The minimum Gasteiger partial charge on any atom is -0.479 e. The molecule has 0 aromatic rings. The molecular weight excluding hydrogens is 334 g/mol. The first-order valence-electron chi connectivity index (χ1n) is 8.65. The van der Waals surface area contributed by atoms with Crippen molar-refractivity contribution in [3.63, 3.8) is 0 Å². The van der Waals surface area contributed by atoms with Gasteiger partial charge in [-0.15, -0.1) is 0 Å². The topological polar surface area (TPSA) is 147 Å². The van der Waals surface area contributed by atoms with Gasteiger partial charge >= 0.3 is 11.9 Å². The van der Waals surface area contributed by atoms with Gasteiger partial charge < -0.3 is 20.1 Å². The van der Waals surface area contributed by atoms with Gasteiger partial charge in [0.15, 0.2) is 0 Å². The molecule has 0 aliphatic heterocycles. The van der Waals surface area contributed by atoms with E-state index in [2.05, 4.69) is 0 Å². The molecule has 0 radical (unpaired) electrons. The van der Waals surface area contributed by atoms with Gasteiger partial charge in [0, 0.05) is 4.92 Å². The van der Waals surface area contributed by atoms with Crippen LogP contribution in [0, 0.1) is 22.0 Å². The summed E-state index contributed by atoms with van der Waals surface area (Å²) >= 11 is 0. The van der Waals surface area contributed by atoms with Crippen LogP contribution in [0.3, 0.4) is 0 Å². The number of hydrogen-bond acceptors (Lipinski definition) is 7. The molecule has 0 saturated heterocycles. The van der Waals surface area contributed by atoms with Crippen LogP contribution in [0.4, 0.5) is 0 Å². The third kappa shape index (κ3) is 3.48. The second kappa shape index (κ2) is 7.25. The smallest absolute Gasteiger partial charge is 0.345 e. The molecule has 0 aromatic heterocycles. The van der Waals surface area contributed by atoms with E-state index in [1.165, 1.54) is 6.92 Å². The van der Waals surface area contributed by atoms with E-state index in [1.807, 2.05) is 0 Å². The summed E-state index contributed by atoms with van der Waals surface area (Å²) in [5.41, 5.74) is -5.50. The van der Waals surface area contributed by atoms with Crippen molar-refractivity contribution in [1.82, 2.24) is 0 Å². The first kappa shape index (κ1) is 19.6. The molecule has 0 bridgehead atoms. The van der Waals surface area contributed by atoms with Gasteiger partial charge in [-0.3, -0.25) is 10.1 Å². The van der Waals surface area contributed by atoms with E-state index < -0.39 is 40.0 Å². The average Bonchev–Trinajstić information content (AvgIpc) is 2.54. The van der Waals surface area contributed by atoms with Gasteiger partial charge in [0.25, 0.3) is 6.04 Å². The Bertz CT molecular complexity index is 546. The molecule has 25 heavy (non-hydrogen) atoms. The zero-order valence-corrected chi connectivity index (χ0v) is 14.2. The lowest BCUT2D eigenvalue weighted by Crippen LogP contribution is -2.71. The third-order valence-corrected chi connectivity index (χ3v) is 5.58. The molecule has 9 heteroatoms. The Labute approximate surface area is 145 Å². The van der Waals surface area contributed by atoms with Crippen LogP contribution in [-0.4, -0.2) is 56.0 Å². The molecule has 2 aliphatic rings. The highest BCUT2D eigenvalue weighted by atomic mass is 16.6. The summed E-state index contributed by atoms with van der Waals surface area (Å²) < 4.78 is 4.78. The third-order valence-electron chi connectivity index (χ3n) is 5.58. The lowest BCUT2D eigenvalue weighted by molar-refractivity contribution is -0.567. The summed E-state index contributed by atoms with van der Waals surface area (Å²) in [7, 11) is 0. The Kier molecular flexibility index (Phi) is 5.68. The van der Waals surface area contributed by atoms with Crippen LogP contribution in [0.1, 0.15) is 51.9 Å². The largest absolute Gasteiger partial charge is 0.479 e. The molecule has 9 nitrogen and oxygen atoms in total. The summed E-state index contributed by atoms with van der Waals surface area (Å²) in [6.45, 7) is 1.36. The molecule has 0 unspecified atom stereocenters. The molecule has 2 fully saturated rings. The van der Waals surface area contributed by atoms with E-state index in [0.29, 0.717) is 0 Å². The second-order valence-electron chi connectivity index (χ2n) is 7.13. The molecule has 2 saturated carbocycles. The van der Waals surface area contributed by atoms with Gasteiger partial charge in [0.1, 0.15) is 0 Å². The first-order chi connectivity index (χ1) is 11.7. The highest BCUT2D eigenvalue weighted by Gasteiger charge is 2.71. The summed E-state index contributed by atoms with van der Waals surface area (Å²) in [5, 5.41) is 42.4. The standard InChI is InChI=1S/C16H25NO8/c1-2-25-14(20)16(22)9-11(10-6-4-3-5-7-10)8-15(21,13(18)19)12(16)17(23)24/h10-12,21-22H,2-9H2,1H3,(H,18,19)/t11-,12-,15-,16+/m0/s1. The van der Waals surface area contributed by atoms with E-state index in [9.17, 15) is 35.0 Å². The van der Waals surface area contributed by atoms with Gasteiger partial charge in [-0.05, 0) is 31.6 Å². The summed E-state index contributed by atoms with van der Waals surface area (Å²) in [4.78, 5) is 34.4. The van der Waals surface area contributed by atoms with Gasteiger partial charge in [0.05, 0.1) is 6.61 Å². The van der Waals surface area contributed by atoms with Crippen LogP contribution < -0.4 is 0 Å². The zero-order valence-electron chi connectivity index (χ0n) is 14.2. The van der Waals surface area contributed by atoms with Crippen LogP contribution in [0.15, 0.2) is 0 Å². The number of aliphatic hydroxyl groups is 2. The van der Waals surface area contributed by atoms with Crippen LogP contribution in [0.5, 0.6) is 0 Å². The van der Waals surface area contributed by atoms with Crippen molar-refractivity contribution in [3.8, 4) is 0 Å². The van der Waals surface area contributed by atoms with Crippen LogP contribution in [-0.2, 0) is 14.3 Å². The first-order valence-corrected chi connectivity index (χ1v) is 8.65. The lowest BCUT2D eigenvalue weighted by atomic mass is 9.61. The van der Waals surface area contributed by atoms with Crippen molar-refractivity contribution in [3.05, 3.63) is 10.1 Å². The van der Waals surface area contributed by atoms with Crippen LogP contribution in [0.2, 0.25) is 0 Å². The van der Waals surface area contributed by atoms with E-state index in [4.69, 9.17) is 4.74 Å². The molecule has 0 amide bonds. The molecule has 3 N–H and O–H groups in total. The van der Waals surface area contributed by atoms with E-state index in [0.717, 1.165) is 32.1 Å². The zero-order chi connectivity index (χ0) is 18.8. The molecule has 2 aliphatic carbocycles. The molecular formula is C16H25NO8. The normalized spacial score (nSPS) is 36.6. The molecule has 4 atom stereocenters. The van der Waals surface area contributed by atoms with Gasteiger partial charge in [-0.25, -0.2) is 9.59 Å². The SMILES string of the molecule is CCOC(=O)[C@@]1(O)C[C@@H](C2CCCCC2)C[C@@](O)(C(=O)O)[C@@H]1[N+](=O)[O-]. The monoisotopic (exact) mass is 359 g/mol. The van der Waals surface area contributed by atoms with Crippen molar-refractivity contribution in [2.75, 3.05) is 6.61 Å². The Balaban J connectivity index is 2.46. The minimum absolute atomic E-state index is 0.00767. The van der Waals surface area contributed by atoms with Crippen molar-refractivity contribution < 1.29 is 34.6 Å². The summed E-state index contributed by atoms with van der Waals surface area (Å²) in [5.74, 6) is -3.56. The number of nitrogens with zero attached hydrogens (tertiary/aromatic N) is 1. The minimum atomic E-state index is -2.83. The Hall–Kier alpha value is -1.74. The van der Waals surface area contributed by atoms with Gasteiger partial charge in [0.2, 0.25) is 11.2 Å². The van der Waals surface area contributed by atoms with Crippen molar-refractivity contribution in [2.45, 2.75) is 69.1 Å². The quantitative estimate of drug-likeness (QED) is 0.370. The lowest BCUT2D eigenvalue weighted by Gasteiger charge is -2.46. The predicted octanol–water partition coefficient (Wildman–Crippen LogP) is 0.732. The number of carboxylic acid groups (broad SMARTS) is 1. The molecule has 142 valence electrons. The molecule has 0 heterocycles. The number of ether oxygens (including phenoxy) is 1. The predicted molar refractivity (Wildman–Crippen MR) is 84.2 cm³/mol. The maximum Gasteiger partial charge on any atom is 0.345 e. The maximum atomic E-state index is 12.3. The van der Waals surface area contributed by atoms with Crippen molar-refractivity contribution in [1.29, 1.82) is 0 Å². The second-order valence-corrected chi connectivity index (χ2v) is 7.13. The highest BCUT2D eigenvalue weighted by Crippen LogP contribution is 2.47. The summed E-state index contributed by atoms with van der Waals surface area (Å²) in [6, 6.07) is -2.38. The van der Waals surface area contributed by atoms with E-state index >= 15 is 0 Å². The van der Waals surface area contributed by atoms with Crippen molar-refractivity contribution in [2.24, 2.45) is 11.8 Å². The average molecular weight is 359 g/mol. The molecule has 2 rings (SSSR count).